The Morgan fingerprint density at radius 3 is 2.62 bits per heavy atom. The van der Waals surface area contributed by atoms with Crippen LogP contribution in [0.15, 0.2) is 0 Å². The Morgan fingerprint density at radius 1 is 1.54 bits per heavy atom. The first-order valence-corrected chi connectivity index (χ1v) is 5.42. The molecule has 1 rings (SSSR count). The summed E-state index contributed by atoms with van der Waals surface area (Å²) in [5.74, 6) is 0.179. The Morgan fingerprint density at radius 2 is 2.15 bits per heavy atom. The number of hydrogen-bond donors (Lipinski definition) is 2. The maximum Gasteiger partial charge on any atom is 0.325 e. The third-order valence-corrected chi connectivity index (χ3v) is 3.00. The Bertz CT molecular complexity index is 174. The molecule has 0 aromatic heterocycles. The molecule has 0 amide bonds. The molecule has 1 aliphatic heterocycles. The van der Waals surface area contributed by atoms with E-state index in [0.717, 1.165) is 25.9 Å². The monoisotopic (exact) mass is 222 g/mol. The van der Waals surface area contributed by atoms with E-state index in [0.29, 0.717) is 5.92 Å². The first-order valence-electron chi connectivity index (χ1n) is 4.37. The van der Waals surface area contributed by atoms with E-state index in [1.165, 1.54) is 0 Å². The zero-order valence-electron chi connectivity index (χ0n) is 7.45. The fraction of sp³-hybridized carbons (Fsp3) is 0.857. The minimum absolute atomic E-state index is 0.190. The molecule has 0 aliphatic carbocycles. The molecular formula is C7H16N2O2P2. The van der Waals surface area contributed by atoms with Crippen molar-refractivity contribution >= 4 is 24.8 Å². The van der Waals surface area contributed by atoms with Gasteiger partial charge in [0.2, 0.25) is 0 Å². The van der Waals surface area contributed by atoms with E-state index in [2.05, 4.69) is 24.3 Å². The van der Waals surface area contributed by atoms with Crippen LogP contribution in [0.3, 0.4) is 0 Å². The molecule has 6 heteroatoms. The highest BCUT2D eigenvalue weighted by Gasteiger charge is 2.28. The summed E-state index contributed by atoms with van der Waals surface area (Å²) < 4.78 is 4.64. The molecule has 1 saturated heterocycles. The van der Waals surface area contributed by atoms with Crippen LogP contribution in [0.4, 0.5) is 0 Å². The first kappa shape index (κ1) is 11.3. The molecule has 1 aliphatic rings. The molecule has 0 aromatic rings. The van der Waals surface area contributed by atoms with E-state index >= 15 is 0 Å². The first-order chi connectivity index (χ1) is 6.29. The molecule has 1 fully saturated rings. The van der Waals surface area contributed by atoms with Gasteiger partial charge in [-0.1, -0.05) is 9.39 Å². The van der Waals surface area contributed by atoms with E-state index in [1.807, 2.05) is 9.47 Å². The lowest BCUT2D eigenvalue weighted by atomic mass is 9.91. The molecular weight excluding hydrogens is 206 g/mol. The van der Waals surface area contributed by atoms with Gasteiger partial charge in [-0.15, -0.1) is 0 Å². The molecule has 0 spiro atoms. The van der Waals surface area contributed by atoms with Crippen LogP contribution in [0.5, 0.6) is 0 Å². The van der Waals surface area contributed by atoms with Crippen LogP contribution in [0.1, 0.15) is 12.8 Å². The molecule has 3 unspecified atom stereocenters. The summed E-state index contributed by atoms with van der Waals surface area (Å²) in [6, 6.07) is -0.190. The summed E-state index contributed by atoms with van der Waals surface area (Å²) in [5, 5.41) is 6.18. The van der Waals surface area contributed by atoms with Gasteiger partial charge in [-0.05, 0) is 31.8 Å². The molecule has 0 radical (unpaired) electrons. The van der Waals surface area contributed by atoms with E-state index in [-0.39, 0.29) is 12.0 Å². The normalized spacial score (nSPS) is 21.1. The van der Waals surface area contributed by atoms with Crippen molar-refractivity contribution in [1.82, 2.24) is 10.4 Å². The van der Waals surface area contributed by atoms with Crippen molar-refractivity contribution in [3.63, 3.8) is 0 Å². The summed E-state index contributed by atoms with van der Waals surface area (Å²) in [5.41, 5.74) is 0. The second-order valence-corrected chi connectivity index (χ2v) is 3.74. The van der Waals surface area contributed by atoms with Gasteiger partial charge in [0.1, 0.15) is 6.04 Å². The fourth-order valence-corrected chi connectivity index (χ4v) is 2.20. The van der Waals surface area contributed by atoms with E-state index < -0.39 is 0 Å². The van der Waals surface area contributed by atoms with Crippen LogP contribution in [0.2, 0.25) is 0 Å². The smallest absolute Gasteiger partial charge is 0.325 e. The van der Waals surface area contributed by atoms with Crippen LogP contribution < -0.4 is 10.4 Å². The standard InChI is InChI=1S/C7H16N2O2P2/c10-7(11-13)6(9-12)5-1-3-8-4-2-5/h5-6,8-9H,1-4,12-13H2. The molecule has 0 saturated carbocycles. The second kappa shape index (κ2) is 5.87. The zero-order valence-corrected chi connectivity index (χ0v) is 9.76. The summed E-state index contributed by atoms with van der Waals surface area (Å²) in [6.07, 6.45) is 2.04. The van der Waals surface area contributed by atoms with Crippen LogP contribution in [0, 0.1) is 5.92 Å². The van der Waals surface area contributed by atoms with Crippen LogP contribution in [0.25, 0.3) is 0 Å². The number of piperidine rings is 1. The van der Waals surface area contributed by atoms with Gasteiger partial charge >= 0.3 is 5.97 Å². The highest BCUT2D eigenvalue weighted by molar-refractivity contribution is 7.14. The van der Waals surface area contributed by atoms with Gasteiger partial charge < -0.3 is 9.84 Å². The lowest BCUT2D eigenvalue weighted by molar-refractivity contribution is -0.136. The van der Waals surface area contributed by atoms with Gasteiger partial charge in [0, 0.05) is 0 Å². The van der Waals surface area contributed by atoms with E-state index in [1.54, 1.807) is 0 Å². The third-order valence-electron chi connectivity index (χ3n) is 2.40. The van der Waals surface area contributed by atoms with Crippen molar-refractivity contribution in [3.8, 4) is 0 Å². The van der Waals surface area contributed by atoms with Crippen molar-refractivity contribution in [3.05, 3.63) is 0 Å². The topological polar surface area (TPSA) is 50.4 Å². The predicted molar refractivity (Wildman–Crippen MR) is 58.0 cm³/mol. The van der Waals surface area contributed by atoms with Crippen molar-refractivity contribution < 1.29 is 9.32 Å². The van der Waals surface area contributed by atoms with Gasteiger partial charge in [-0.25, -0.2) is 0 Å². The second-order valence-electron chi connectivity index (χ2n) is 3.17. The third kappa shape index (κ3) is 3.14. The molecule has 4 nitrogen and oxygen atoms in total. The Hall–Kier alpha value is 0.250. The lowest BCUT2D eigenvalue weighted by Crippen LogP contribution is -2.43. The van der Waals surface area contributed by atoms with E-state index in [4.69, 9.17) is 0 Å². The molecule has 2 N–H and O–H groups in total. The van der Waals surface area contributed by atoms with Crippen LogP contribution >= 0.6 is 18.9 Å². The Balaban J connectivity index is 2.48. The van der Waals surface area contributed by atoms with Crippen molar-refractivity contribution in [2.24, 2.45) is 5.92 Å². The quantitative estimate of drug-likeness (QED) is 0.663. The number of hydrogen-bond acceptors (Lipinski definition) is 4. The molecule has 0 bridgehead atoms. The van der Waals surface area contributed by atoms with Crippen molar-refractivity contribution in [2.45, 2.75) is 18.9 Å². The molecule has 13 heavy (non-hydrogen) atoms. The summed E-state index contributed by atoms with van der Waals surface area (Å²) in [7, 11) is 4.38. The average Bonchev–Trinajstić information content (AvgIpc) is 2.20. The average molecular weight is 222 g/mol. The minimum atomic E-state index is -0.202. The predicted octanol–water partition coefficient (Wildman–Crippen LogP) is 0.0676. The van der Waals surface area contributed by atoms with Gasteiger partial charge in [0.15, 0.2) is 0 Å². The number of carbonyl (C=O) groups excluding carboxylic acids is 1. The maximum absolute atomic E-state index is 11.3. The lowest BCUT2D eigenvalue weighted by Gasteiger charge is -2.28. The SMILES string of the molecule is O=C(OP)C(NP)C1CCNCC1. The number of carbonyl (C=O) groups is 1. The number of nitrogens with one attached hydrogen (secondary N) is 2. The Kier molecular flexibility index (Phi) is 5.12. The molecule has 76 valence electrons. The highest BCUT2D eigenvalue weighted by atomic mass is 31.0. The summed E-state index contributed by atoms with van der Waals surface area (Å²) in [4.78, 5) is 11.3. The maximum atomic E-state index is 11.3. The number of rotatable bonds is 3. The van der Waals surface area contributed by atoms with E-state index in [9.17, 15) is 4.79 Å². The van der Waals surface area contributed by atoms with Gasteiger partial charge in [-0.2, -0.15) is 0 Å². The summed E-state index contributed by atoms with van der Waals surface area (Å²) >= 11 is 0. The largest absolute Gasteiger partial charge is 0.450 e. The van der Waals surface area contributed by atoms with Crippen molar-refractivity contribution in [2.75, 3.05) is 13.1 Å². The zero-order chi connectivity index (χ0) is 9.68. The minimum Gasteiger partial charge on any atom is -0.450 e. The van der Waals surface area contributed by atoms with Crippen molar-refractivity contribution in [1.29, 1.82) is 0 Å². The van der Waals surface area contributed by atoms with Gasteiger partial charge in [0.05, 0.1) is 9.47 Å². The van der Waals surface area contributed by atoms with Gasteiger partial charge in [-0.3, -0.25) is 9.88 Å². The summed E-state index contributed by atoms with van der Waals surface area (Å²) in [6.45, 7) is 1.97. The molecule has 0 aromatic carbocycles. The highest BCUT2D eigenvalue weighted by Crippen LogP contribution is 2.18. The molecule has 1 heterocycles. The fourth-order valence-electron chi connectivity index (χ4n) is 1.65. The Labute approximate surface area is 83.1 Å². The van der Waals surface area contributed by atoms with Crippen LogP contribution in [-0.4, -0.2) is 25.1 Å². The van der Waals surface area contributed by atoms with Crippen LogP contribution in [-0.2, 0) is 9.32 Å². The molecule has 3 atom stereocenters. The van der Waals surface area contributed by atoms with Gasteiger partial charge in [0.25, 0.3) is 0 Å².